The van der Waals surface area contributed by atoms with E-state index in [4.69, 9.17) is 0 Å². The summed E-state index contributed by atoms with van der Waals surface area (Å²) in [5.74, 6) is 0. The van der Waals surface area contributed by atoms with Crippen molar-refractivity contribution in [1.82, 2.24) is 0 Å². The zero-order valence-corrected chi connectivity index (χ0v) is 22.1. The molecule has 0 aliphatic carbocycles. The average molecular weight is 586 g/mol. The van der Waals surface area contributed by atoms with Crippen LogP contribution in [-0.4, -0.2) is 16.5 Å². The molecule has 2 N–H and O–H groups in total. The first-order valence-electron chi connectivity index (χ1n) is 7.29. The van der Waals surface area contributed by atoms with Crippen molar-refractivity contribution in [2.24, 2.45) is 0 Å². The van der Waals surface area contributed by atoms with Crippen LogP contribution >= 0.6 is 0 Å². The predicted molar refractivity (Wildman–Crippen MR) is 126 cm³/mol. The molecule has 0 radical (unpaired) electrons. The van der Waals surface area contributed by atoms with E-state index < -0.39 is 11.7 Å². The van der Waals surface area contributed by atoms with Gasteiger partial charge < -0.3 is 54.8 Å². The molecule has 0 amide bonds. The molecule has 0 bridgehead atoms. The minimum absolute atomic E-state index is 0. The minimum Gasteiger partial charge on any atom is -0.367 e. The Balaban J connectivity index is -0.000000180. The van der Waals surface area contributed by atoms with E-state index in [1.54, 1.807) is 0 Å². The number of aliphatic hydroxyl groups is 2. The molecule has 0 spiro atoms. The van der Waals surface area contributed by atoms with Crippen LogP contribution in [0.25, 0.3) is 0 Å². The molecule has 170 valence electrons. The van der Waals surface area contributed by atoms with Gasteiger partial charge in [-0.3, -0.25) is 0 Å². The van der Waals surface area contributed by atoms with Gasteiger partial charge >= 0.3 is 39.0 Å². The van der Waals surface area contributed by atoms with Gasteiger partial charge in [-0.1, -0.05) is 91.0 Å². The fourth-order valence-electron chi connectivity index (χ4n) is 3.05. The number of hydrogen-bond acceptors (Lipinski definition) is 2. The van der Waals surface area contributed by atoms with Crippen LogP contribution in [0, 0.1) is 44.6 Å². The van der Waals surface area contributed by atoms with E-state index in [9.17, 15) is 10.2 Å². The Morgan fingerprint density at radius 3 is 0.800 bits per heavy atom. The summed E-state index contributed by atoms with van der Waals surface area (Å²) in [6.07, 6.45) is -1.56. The quantitative estimate of drug-likeness (QED) is 0.170. The molecule has 0 saturated heterocycles. The van der Waals surface area contributed by atoms with E-state index in [0.717, 1.165) is 16.7 Å². The van der Waals surface area contributed by atoms with Crippen LogP contribution in [0.5, 0.6) is 0 Å². The molecule has 0 saturated carbocycles. The van der Waals surface area contributed by atoms with Crippen molar-refractivity contribution in [3.8, 4) is 0 Å². The smallest absolute Gasteiger partial charge is 0.367 e. The predicted octanol–water partition coefficient (Wildman–Crippen LogP) is 6.03. The van der Waals surface area contributed by atoms with Crippen molar-refractivity contribution >= 4 is 0 Å². The van der Waals surface area contributed by atoms with Crippen molar-refractivity contribution in [1.29, 1.82) is 0 Å². The second-order valence-electron chi connectivity index (χ2n) is 5.28. The fourth-order valence-corrected chi connectivity index (χ4v) is 3.05. The summed E-state index contributed by atoms with van der Waals surface area (Å²) in [5, 5.41) is 20.8. The van der Waals surface area contributed by atoms with Gasteiger partial charge in [0.1, 0.15) is 0 Å². The number of benzene rings is 3. The van der Waals surface area contributed by atoms with Gasteiger partial charge in [0.2, 0.25) is 0 Å². The van der Waals surface area contributed by atoms with Gasteiger partial charge in [-0.25, -0.2) is 0 Å². The molecule has 4 heteroatoms. The van der Waals surface area contributed by atoms with E-state index in [1.807, 2.05) is 91.0 Å². The zero-order chi connectivity index (χ0) is 15.4. The van der Waals surface area contributed by atoms with E-state index in [0.29, 0.717) is 0 Å². The Hall–Kier alpha value is -1.17. The SMILES string of the molecule is OC(O)C(c1ccccc1)(c1ccccc1)c1ccccc1.[CH3-].[CH3-].[CH3-].[CH3-].[CH3-].[CH3-].[Rh+3].[Rh+3]. The van der Waals surface area contributed by atoms with E-state index in [1.165, 1.54) is 0 Å². The van der Waals surface area contributed by atoms with Crippen molar-refractivity contribution in [2.45, 2.75) is 11.7 Å². The third kappa shape index (κ3) is 8.16. The largest absolute Gasteiger partial charge is 3.00 e. The Morgan fingerprint density at radius 2 is 0.633 bits per heavy atom. The normalized spacial score (nSPS) is 8.50. The van der Waals surface area contributed by atoms with Crippen molar-refractivity contribution < 1.29 is 49.2 Å². The third-order valence-electron chi connectivity index (χ3n) is 4.07. The average Bonchev–Trinajstić information content (AvgIpc) is 2.58. The van der Waals surface area contributed by atoms with Gasteiger partial charge in [0.15, 0.2) is 6.29 Å². The number of hydrogen-bond donors (Lipinski definition) is 2. The van der Waals surface area contributed by atoms with Crippen LogP contribution in [0.4, 0.5) is 0 Å². The van der Waals surface area contributed by atoms with Gasteiger partial charge in [0.05, 0.1) is 5.41 Å². The van der Waals surface area contributed by atoms with Crippen molar-refractivity contribution in [3.63, 3.8) is 0 Å². The van der Waals surface area contributed by atoms with Gasteiger partial charge in [-0.15, -0.1) is 0 Å². The maximum absolute atomic E-state index is 10.4. The molecule has 0 aromatic heterocycles. The maximum Gasteiger partial charge on any atom is 3.00 e. The Bertz CT molecular complexity index is 621. The molecule has 0 heterocycles. The van der Waals surface area contributed by atoms with Gasteiger partial charge in [-0.2, -0.15) is 0 Å². The van der Waals surface area contributed by atoms with Crippen molar-refractivity contribution in [3.05, 3.63) is 152 Å². The summed E-state index contributed by atoms with van der Waals surface area (Å²) in [5.41, 5.74) is 1.54. The first-order valence-corrected chi connectivity index (χ1v) is 7.29. The topological polar surface area (TPSA) is 40.5 Å². The van der Waals surface area contributed by atoms with Crippen LogP contribution in [0.2, 0.25) is 0 Å². The second-order valence-corrected chi connectivity index (χ2v) is 5.28. The Morgan fingerprint density at radius 1 is 0.433 bits per heavy atom. The molecular weight excluding hydrogens is 550 g/mol. The third-order valence-corrected chi connectivity index (χ3v) is 4.07. The van der Waals surface area contributed by atoms with Crippen LogP contribution in [0.15, 0.2) is 91.0 Å². The summed E-state index contributed by atoms with van der Waals surface area (Å²) in [7, 11) is 0. The van der Waals surface area contributed by atoms with Crippen molar-refractivity contribution in [2.75, 3.05) is 0 Å². The molecule has 30 heavy (non-hydrogen) atoms. The van der Waals surface area contributed by atoms with Gasteiger partial charge in [0, 0.05) is 0 Å². The number of aliphatic hydroxyl groups excluding tert-OH is 1. The molecule has 0 aliphatic rings. The number of rotatable bonds is 4. The summed E-state index contributed by atoms with van der Waals surface area (Å²) >= 11 is 0. The molecule has 0 unspecified atom stereocenters. The maximum atomic E-state index is 10.4. The molecule has 0 atom stereocenters. The van der Waals surface area contributed by atoms with Gasteiger partial charge in [0.25, 0.3) is 0 Å². The molecule has 0 fully saturated rings. The summed E-state index contributed by atoms with van der Waals surface area (Å²) in [6.45, 7) is 0. The first-order chi connectivity index (χ1) is 10.8. The molecule has 2 nitrogen and oxygen atoms in total. The molecule has 3 rings (SSSR count). The van der Waals surface area contributed by atoms with E-state index >= 15 is 0 Å². The van der Waals surface area contributed by atoms with Crippen LogP contribution in [-0.2, 0) is 44.4 Å². The zero-order valence-electron chi connectivity index (χ0n) is 18.8. The Labute approximate surface area is 212 Å². The van der Waals surface area contributed by atoms with E-state index in [-0.39, 0.29) is 83.5 Å². The fraction of sp³-hybridized carbons (Fsp3) is 0.0769. The molecule has 3 aromatic rings. The summed E-state index contributed by atoms with van der Waals surface area (Å²) < 4.78 is 0. The Kier molecular flexibility index (Phi) is 28.2. The summed E-state index contributed by atoms with van der Waals surface area (Å²) in [4.78, 5) is 0. The van der Waals surface area contributed by atoms with Gasteiger partial charge in [-0.05, 0) is 16.7 Å². The summed E-state index contributed by atoms with van der Waals surface area (Å²) in [6, 6.07) is 28.8. The monoisotopic (exact) mass is 586 g/mol. The first kappa shape index (κ1) is 42.8. The van der Waals surface area contributed by atoms with Crippen LogP contribution in [0.1, 0.15) is 16.7 Å². The standard InChI is InChI=1S/C20H18O2.6CH3.2Rh/c21-19(22)20(16-10-4-1-5-11-16,17-12-6-2-7-13-17)18-14-8-3-9-15-18;;;;;;;;/h1-15,19,21-22H;6*1H3;;/q;6*-1;2*+3. The van der Waals surface area contributed by atoms with E-state index in [2.05, 4.69) is 0 Å². The minimum atomic E-state index is -1.56. The second kappa shape index (κ2) is 19.8. The molecular formula is C26H36O2Rh2. The molecule has 3 aromatic carbocycles. The molecule has 0 aliphatic heterocycles. The van der Waals surface area contributed by atoms with Crippen LogP contribution < -0.4 is 0 Å². The van der Waals surface area contributed by atoms with Crippen LogP contribution in [0.3, 0.4) is 0 Å².